The number of methoxy groups -OCH3 is 2. The lowest BCUT2D eigenvalue weighted by molar-refractivity contribution is 0.102. The first kappa shape index (κ1) is 21.0. The number of thiazole rings is 1. The Morgan fingerprint density at radius 1 is 1.17 bits per heavy atom. The van der Waals surface area contributed by atoms with E-state index in [9.17, 15) is 13.2 Å². The summed E-state index contributed by atoms with van der Waals surface area (Å²) in [6.07, 6.45) is 0. The Kier molecular flexibility index (Phi) is 6.06. The first-order chi connectivity index (χ1) is 13.8. The molecule has 0 aliphatic heterocycles. The Hall–Kier alpha value is -2.69. The highest BCUT2D eigenvalue weighted by Gasteiger charge is 2.21. The molecule has 29 heavy (non-hydrogen) atoms. The number of sulfonamides is 1. The molecule has 1 heterocycles. The fourth-order valence-corrected chi connectivity index (χ4v) is 4.80. The van der Waals surface area contributed by atoms with E-state index >= 15 is 0 Å². The zero-order valence-electron chi connectivity index (χ0n) is 16.4. The summed E-state index contributed by atoms with van der Waals surface area (Å²) in [5, 5.41) is 3.10. The van der Waals surface area contributed by atoms with E-state index < -0.39 is 10.0 Å². The number of aromatic nitrogens is 1. The Morgan fingerprint density at radius 2 is 1.93 bits per heavy atom. The van der Waals surface area contributed by atoms with Crippen molar-refractivity contribution in [3.05, 3.63) is 42.0 Å². The van der Waals surface area contributed by atoms with Crippen molar-refractivity contribution in [1.82, 2.24) is 9.29 Å². The highest BCUT2D eigenvalue weighted by Crippen LogP contribution is 2.30. The highest BCUT2D eigenvalue weighted by molar-refractivity contribution is 7.89. The molecule has 154 valence electrons. The summed E-state index contributed by atoms with van der Waals surface area (Å²) in [4.78, 5) is 17.2. The molecule has 10 heteroatoms. The predicted molar refractivity (Wildman–Crippen MR) is 113 cm³/mol. The van der Waals surface area contributed by atoms with Crippen LogP contribution >= 0.6 is 11.3 Å². The van der Waals surface area contributed by atoms with E-state index in [1.807, 2.05) is 0 Å². The van der Waals surface area contributed by atoms with Crippen LogP contribution in [-0.2, 0) is 10.0 Å². The number of fused-ring (bicyclic) bond motifs is 1. The zero-order chi connectivity index (χ0) is 21.2. The number of nitrogens with zero attached hydrogens (tertiary/aromatic N) is 2. The van der Waals surface area contributed by atoms with Crippen LogP contribution in [0.5, 0.6) is 11.5 Å². The Bertz CT molecular complexity index is 1160. The Balaban J connectivity index is 1.89. The van der Waals surface area contributed by atoms with E-state index in [-0.39, 0.29) is 10.8 Å². The first-order valence-corrected chi connectivity index (χ1v) is 11.0. The summed E-state index contributed by atoms with van der Waals surface area (Å²) in [7, 11) is 0.972. The summed E-state index contributed by atoms with van der Waals surface area (Å²) in [5.74, 6) is 0.560. The number of ether oxygens (including phenoxy) is 2. The molecule has 0 aliphatic rings. The van der Waals surface area contributed by atoms with Crippen LogP contribution in [0.2, 0.25) is 0 Å². The number of hydrogen-bond acceptors (Lipinski definition) is 7. The van der Waals surface area contributed by atoms with Crippen molar-refractivity contribution in [3.63, 3.8) is 0 Å². The van der Waals surface area contributed by atoms with Gasteiger partial charge in [-0.15, -0.1) is 0 Å². The summed E-state index contributed by atoms with van der Waals surface area (Å²) in [6, 6.07) is 9.60. The molecule has 3 rings (SSSR count). The van der Waals surface area contributed by atoms with Crippen molar-refractivity contribution in [2.24, 2.45) is 0 Å². The van der Waals surface area contributed by atoms with Crippen molar-refractivity contribution >= 4 is 42.6 Å². The maximum atomic E-state index is 12.7. The fourth-order valence-electron chi connectivity index (χ4n) is 2.62. The highest BCUT2D eigenvalue weighted by atomic mass is 32.2. The minimum atomic E-state index is -3.56. The average molecular weight is 436 g/mol. The normalized spacial score (nSPS) is 11.6. The second kappa shape index (κ2) is 8.36. The van der Waals surface area contributed by atoms with E-state index in [1.54, 1.807) is 37.3 Å². The molecule has 0 atom stereocenters. The molecular formula is C19H21N3O5S2. The standard InChI is InChI=1S/C19H21N3O5S2/c1-5-22(2)29(24,25)13-7-9-15-17(11-13)28-19(20-15)21-18(23)14-8-6-12(26-3)10-16(14)27-4/h6-11H,5H2,1-4H3,(H,20,21,23). The molecule has 0 spiro atoms. The lowest BCUT2D eigenvalue weighted by atomic mass is 10.2. The van der Waals surface area contributed by atoms with Gasteiger partial charge in [-0.3, -0.25) is 10.1 Å². The third kappa shape index (κ3) is 4.19. The number of rotatable bonds is 7. The van der Waals surface area contributed by atoms with Gasteiger partial charge in [0.2, 0.25) is 10.0 Å². The van der Waals surface area contributed by atoms with Gasteiger partial charge in [0.1, 0.15) is 11.5 Å². The molecule has 2 aromatic carbocycles. The van der Waals surface area contributed by atoms with Crippen LogP contribution in [-0.4, -0.2) is 51.4 Å². The van der Waals surface area contributed by atoms with Gasteiger partial charge >= 0.3 is 0 Å². The van der Waals surface area contributed by atoms with Gasteiger partial charge in [-0.1, -0.05) is 18.3 Å². The van der Waals surface area contributed by atoms with Gasteiger partial charge in [0.15, 0.2) is 5.13 Å². The number of nitrogens with one attached hydrogen (secondary N) is 1. The van der Waals surface area contributed by atoms with Crippen LogP contribution in [0.15, 0.2) is 41.3 Å². The van der Waals surface area contributed by atoms with Gasteiger partial charge in [0.25, 0.3) is 5.91 Å². The quantitative estimate of drug-likeness (QED) is 0.612. The van der Waals surface area contributed by atoms with Crippen LogP contribution in [0.1, 0.15) is 17.3 Å². The van der Waals surface area contributed by atoms with E-state index in [1.165, 1.54) is 43.0 Å². The lowest BCUT2D eigenvalue weighted by Gasteiger charge is -2.14. The number of amides is 1. The number of hydrogen-bond donors (Lipinski definition) is 1. The van der Waals surface area contributed by atoms with Gasteiger partial charge in [0, 0.05) is 19.7 Å². The van der Waals surface area contributed by atoms with E-state index in [2.05, 4.69) is 10.3 Å². The van der Waals surface area contributed by atoms with Crippen LogP contribution < -0.4 is 14.8 Å². The molecule has 0 radical (unpaired) electrons. The number of carbonyl (C=O) groups excluding carboxylic acids is 1. The topological polar surface area (TPSA) is 97.8 Å². The fraction of sp³-hybridized carbons (Fsp3) is 0.263. The van der Waals surface area contributed by atoms with Gasteiger partial charge in [-0.25, -0.2) is 17.7 Å². The SMILES string of the molecule is CCN(C)S(=O)(=O)c1ccc2nc(NC(=O)c3ccc(OC)cc3OC)sc2c1. The van der Waals surface area contributed by atoms with Crippen molar-refractivity contribution in [2.45, 2.75) is 11.8 Å². The number of benzene rings is 2. The maximum absolute atomic E-state index is 12.7. The number of carbonyl (C=O) groups is 1. The molecule has 3 aromatic rings. The molecule has 0 saturated heterocycles. The number of anilines is 1. The van der Waals surface area contributed by atoms with Gasteiger partial charge < -0.3 is 9.47 Å². The Morgan fingerprint density at radius 3 is 2.59 bits per heavy atom. The second-order valence-corrected chi connectivity index (χ2v) is 9.16. The molecule has 1 amide bonds. The monoisotopic (exact) mass is 435 g/mol. The van der Waals surface area contributed by atoms with Crippen LogP contribution in [0.4, 0.5) is 5.13 Å². The summed E-state index contributed by atoms with van der Waals surface area (Å²) >= 11 is 1.20. The summed E-state index contributed by atoms with van der Waals surface area (Å²) in [5.41, 5.74) is 0.936. The lowest BCUT2D eigenvalue weighted by Crippen LogP contribution is -2.26. The molecule has 1 aromatic heterocycles. The average Bonchev–Trinajstić information content (AvgIpc) is 3.13. The maximum Gasteiger partial charge on any atom is 0.261 e. The van der Waals surface area contributed by atoms with Crippen molar-refractivity contribution in [3.8, 4) is 11.5 Å². The zero-order valence-corrected chi connectivity index (χ0v) is 18.1. The summed E-state index contributed by atoms with van der Waals surface area (Å²) in [6.45, 7) is 2.14. The molecule has 0 unspecified atom stereocenters. The first-order valence-electron chi connectivity index (χ1n) is 8.70. The van der Waals surface area contributed by atoms with E-state index in [0.717, 1.165) is 0 Å². The molecule has 8 nitrogen and oxygen atoms in total. The third-order valence-corrected chi connectivity index (χ3v) is 7.25. The van der Waals surface area contributed by atoms with Crippen LogP contribution in [0.25, 0.3) is 10.2 Å². The van der Waals surface area contributed by atoms with Gasteiger partial charge in [-0.05, 0) is 30.3 Å². The van der Waals surface area contributed by atoms with Gasteiger partial charge in [-0.2, -0.15) is 0 Å². The second-order valence-electron chi connectivity index (χ2n) is 6.09. The van der Waals surface area contributed by atoms with E-state index in [4.69, 9.17) is 9.47 Å². The third-order valence-electron chi connectivity index (χ3n) is 4.39. The largest absolute Gasteiger partial charge is 0.497 e. The molecule has 0 saturated carbocycles. The van der Waals surface area contributed by atoms with Crippen molar-refractivity contribution < 1.29 is 22.7 Å². The minimum absolute atomic E-state index is 0.188. The minimum Gasteiger partial charge on any atom is -0.497 e. The predicted octanol–water partition coefficient (Wildman–Crippen LogP) is 3.21. The molecule has 0 fully saturated rings. The molecular weight excluding hydrogens is 414 g/mol. The molecule has 0 bridgehead atoms. The van der Waals surface area contributed by atoms with Crippen LogP contribution in [0.3, 0.4) is 0 Å². The summed E-state index contributed by atoms with van der Waals surface area (Å²) < 4.78 is 37.4. The molecule has 0 aliphatic carbocycles. The van der Waals surface area contributed by atoms with Crippen LogP contribution in [0, 0.1) is 0 Å². The van der Waals surface area contributed by atoms with Crippen molar-refractivity contribution in [2.75, 3.05) is 33.1 Å². The van der Waals surface area contributed by atoms with Crippen molar-refractivity contribution in [1.29, 1.82) is 0 Å². The Labute approximate surface area is 173 Å². The van der Waals surface area contributed by atoms with Gasteiger partial charge in [0.05, 0.1) is 34.9 Å². The van der Waals surface area contributed by atoms with E-state index in [0.29, 0.717) is 39.0 Å². The molecule has 1 N–H and O–H groups in total. The smallest absolute Gasteiger partial charge is 0.261 e.